The summed E-state index contributed by atoms with van der Waals surface area (Å²) in [5.41, 5.74) is 4.55. The van der Waals surface area contributed by atoms with Gasteiger partial charge in [-0.15, -0.1) is 0 Å². The summed E-state index contributed by atoms with van der Waals surface area (Å²) in [6.07, 6.45) is 0. The molecule has 0 saturated heterocycles. The molecule has 0 aliphatic heterocycles. The smallest absolute Gasteiger partial charge is 0.144 e. The van der Waals surface area contributed by atoms with E-state index in [1.165, 1.54) is 6.07 Å². The SMILES string of the molecule is Cc1cccc(C)c1OCCn1c(-c2ccccc2F)nc2ccccc21. The average Bonchev–Trinajstić information content (AvgIpc) is 3.03. The lowest BCUT2D eigenvalue weighted by Crippen LogP contribution is -2.11. The first-order chi connectivity index (χ1) is 13.1. The third-order valence-corrected chi connectivity index (χ3v) is 4.74. The summed E-state index contributed by atoms with van der Waals surface area (Å²) in [4.78, 5) is 4.67. The van der Waals surface area contributed by atoms with Gasteiger partial charge in [0.25, 0.3) is 0 Å². The van der Waals surface area contributed by atoms with Crippen LogP contribution in [0, 0.1) is 19.7 Å². The van der Waals surface area contributed by atoms with Gasteiger partial charge in [-0.05, 0) is 49.2 Å². The summed E-state index contributed by atoms with van der Waals surface area (Å²) >= 11 is 0. The molecule has 0 amide bonds. The van der Waals surface area contributed by atoms with Crippen molar-refractivity contribution in [1.82, 2.24) is 9.55 Å². The van der Waals surface area contributed by atoms with E-state index >= 15 is 0 Å². The van der Waals surface area contributed by atoms with Crippen molar-refractivity contribution < 1.29 is 9.13 Å². The zero-order valence-corrected chi connectivity index (χ0v) is 15.4. The molecule has 0 spiro atoms. The van der Waals surface area contributed by atoms with Crippen LogP contribution < -0.4 is 4.74 Å². The van der Waals surface area contributed by atoms with Crippen LogP contribution in [0.25, 0.3) is 22.4 Å². The van der Waals surface area contributed by atoms with Gasteiger partial charge in [0.2, 0.25) is 0 Å². The molecular formula is C23H21FN2O. The number of hydrogen-bond donors (Lipinski definition) is 0. The molecule has 3 aromatic carbocycles. The molecule has 0 aliphatic carbocycles. The van der Waals surface area contributed by atoms with Crippen molar-refractivity contribution in [1.29, 1.82) is 0 Å². The number of fused-ring (bicyclic) bond motifs is 1. The molecule has 27 heavy (non-hydrogen) atoms. The van der Waals surface area contributed by atoms with Crippen molar-refractivity contribution in [3.05, 3.63) is 83.7 Å². The van der Waals surface area contributed by atoms with Gasteiger partial charge in [0.05, 0.1) is 23.1 Å². The van der Waals surface area contributed by atoms with Crippen LogP contribution in [0.3, 0.4) is 0 Å². The lowest BCUT2D eigenvalue weighted by Gasteiger charge is -2.14. The maximum atomic E-state index is 14.4. The summed E-state index contributed by atoms with van der Waals surface area (Å²) in [6, 6.07) is 20.7. The Hall–Kier alpha value is -3.14. The van der Waals surface area contributed by atoms with E-state index in [-0.39, 0.29) is 5.82 Å². The van der Waals surface area contributed by atoms with Gasteiger partial charge in [-0.25, -0.2) is 9.37 Å². The van der Waals surface area contributed by atoms with Gasteiger partial charge < -0.3 is 9.30 Å². The number of hydrogen-bond acceptors (Lipinski definition) is 2. The maximum Gasteiger partial charge on any atom is 0.144 e. The lowest BCUT2D eigenvalue weighted by atomic mass is 10.1. The predicted molar refractivity (Wildman–Crippen MR) is 107 cm³/mol. The molecule has 0 saturated carbocycles. The lowest BCUT2D eigenvalue weighted by molar-refractivity contribution is 0.297. The molecule has 4 rings (SSSR count). The number of ether oxygens (including phenoxy) is 1. The number of halogens is 1. The average molecular weight is 360 g/mol. The maximum absolute atomic E-state index is 14.4. The molecule has 4 heteroatoms. The second-order valence-corrected chi connectivity index (χ2v) is 6.63. The predicted octanol–water partition coefficient (Wildman–Crippen LogP) is 5.54. The van der Waals surface area contributed by atoms with E-state index in [9.17, 15) is 4.39 Å². The largest absolute Gasteiger partial charge is 0.491 e. The minimum absolute atomic E-state index is 0.273. The number of nitrogens with zero attached hydrogens (tertiary/aromatic N) is 2. The molecule has 0 fully saturated rings. The molecule has 0 aliphatic rings. The standard InChI is InChI=1S/C23H21FN2O/c1-16-8-7-9-17(2)22(16)27-15-14-26-21-13-6-5-12-20(21)25-23(26)18-10-3-4-11-19(18)24/h3-13H,14-15H2,1-2H3. The number of benzene rings is 3. The topological polar surface area (TPSA) is 27.1 Å². The normalized spacial score (nSPS) is 11.1. The highest BCUT2D eigenvalue weighted by molar-refractivity contribution is 5.80. The summed E-state index contributed by atoms with van der Waals surface area (Å²) in [6.45, 7) is 5.14. The third kappa shape index (κ3) is 3.31. The monoisotopic (exact) mass is 360 g/mol. The number of aromatic nitrogens is 2. The summed E-state index contributed by atoms with van der Waals surface area (Å²) in [5, 5.41) is 0. The van der Waals surface area contributed by atoms with E-state index in [4.69, 9.17) is 4.74 Å². The zero-order chi connectivity index (χ0) is 18.8. The van der Waals surface area contributed by atoms with Crippen LogP contribution in [0.1, 0.15) is 11.1 Å². The molecule has 3 nitrogen and oxygen atoms in total. The first kappa shape index (κ1) is 17.3. The molecule has 0 atom stereocenters. The van der Waals surface area contributed by atoms with Crippen molar-refractivity contribution in [2.75, 3.05) is 6.61 Å². The quantitative estimate of drug-likeness (QED) is 0.467. The molecule has 1 aromatic heterocycles. The van der Waals surface area contributed by atoms with Gasteiger partial charge in [-0.1, -0.05) is 42.5 Å². The number of para-hydroxylation sites is 3. The van der Waals surface area contributed by atoms with E-state index in [0.29, 0.717) is 24.5 Å². The van der Waals surface area contributed by atoms with Gasteiger partial charge in [-0.2, -0.15) is 0 Å². The van der Waals surface area contributed by atoms with E-state index in [0.717, 1.165) is 27.9 Å². The van der Waals surface area contributed by atoms with Crippen LogP contribution in [0.2, 0.25) is 0 Å². The summed E-state index contributed by atoms with van der Waals surface area (Å²) in [7, 11) is 0. The van der Waals surface area contributed by atoms with Gasteiger partial charge in [0, 0.05) is 0 Å². The van der Waals surface area contributed by atoms with Crippen LogP contribution >= 0.6 is 0 Å². The Balaban J connectivity index is 1.68. The van der Waals surface area contributed by atoms with Crippen molar-refractivity contribution in [2.45, 2.75) is 20.4 Å². The van der Waals surface area contributed by atoms with Crippen molar-refractivity contribution in [2.24, 2.45) is 0 Å². The number of aryl methyl sites for hydroxylation is 2. The molecule has 0 unspecified atom stereocenters. The number of rotatable bonds is 5. The van der Waals surface area contributed by atoms with E-state index in [1.54, 1.807) is 12.1 Å². The molecule has 0 bridgehead atoms. The van der Waals surface area contributed by atoms with Crippen LogP contribution in [0.4, 0.5) is 4.39 Å². The van der Waals surface area contributed by atoms with Crippen LogP contribution in [-0.2, 0) is 6.54 Å². The molecule has 0 radical (unpaired) electrons. The second-order valence-electron chi connectivity index (χ2n) is 6.63. The van der Waals surface area contributed by atoms with E-state index in [1.807, 2.05) is 66.9 Å². The van der Waals surface area contributed by atoms with Crippen molar-refractivity contribution >= 4 is 11.0 Å². The molecule has 136 valence electrons. The molecule has 1 heterocycles. The molecule has 4 aromatic rings. The number of imidazole rings is 1. The van der Waals surface area contributed by atoms with Gasteiger partial charge >= 0.3 is 0 Å². The van der Waals surface area contributed by atoms with Gasteiger partial charge in [-0.3, -0.25) is 0 Å². The fourth-order valence-corrected chi connectivity index (χ4v) is 3.42. The Bertz CT molecular complexity index is 1080. The van der Waals surface area contributed by atoms with E-state index in [2.05, 4.69) is 4.98 Å². The Labute approximate surface area is 158 Å². The minimum atomic E-state index is -0.273. The molecule has 0 N–H and O–H groups in total. The Kier molecular flexibility index (Phi) is 4.63. The van der Waals surface area contributed by atoms with E-state index < -0.39 is 0 Å². The Morgan fingerprint density at radius 2 is 1.59 bits per heavy atom. The highest BCUT2D eigenvalue weighted by atomic mass is 19.1. The summed E-state index contributed by atoms with van der Waals surface area (Å²) < 4.78 is 22.5. The Morgan fingerprint density at radius 1 is 0.889 bits per heavy atom. The fourth-order valence-electron chi connectivity index (χ4n) is 3.42. The first-order valence-corrected chi connectivity index (χ1v) is 9.04. The highest BCUT2D eigenvalue weighted by Crippen LogP contribution is 2.27. The zero-order valence-electron chi connectivity index (χ0n) is 15.4. The summed E-state index contributed by atoms with van der Waals surface area (Å²) in [5.74, 6) is 1.26. The van der Waals surface area contributed by atoms with Crippen molar-refractivity contribution in [3.63, 3.8) is 0 Å². The van der Waals surface area contributed by atoms with Crippen molar-refractivity contribution in [3.8, 4) is 17.1 Å². The Morgan fingerprint density at radius 3 is 2.37 bits per heavy atom. The highest BCUT2D eigenvalue weighted by Gasteiger charge is 2.15. The van der Waals surface area contributed by atoms with Crippen LogP contribution in [0.5, 0.6) is 5.75 Å². The second kappa shape index (κ2) is 7.23. The minimum Gasteiger partial charge on any atom is -0.491 e. The molecular weight excluding hydrogens is 339 g/mol. The van der Waals surface area contributed by atoms with Crippen LogP contribution in [0.15, 0.2) is 66.7 Å². The van der Waals surface area contributed by atoms with Gasteiger partial charge in [0.15, 0.2) is 0 Å². The third-order valence-electron chi connectivity index (χ3n) is 4.74. The fraction of sp³-hybridized carbons (Fsp3) is 0.174. The first-order valence-electron chi connectivity index (χ1n) is 9.04. The van der Waals surface area contributed by atoms with Crippen LogP contribution in [-0.4, -0.2) is 16.2 Å². The van der Waals surface area contributed by atoms with Gasteiger partial charge in [0.1, 0.15) is 24.0 Å².